The first-order valence-corrected chi connectivity index (χ1v) is 6.09. The molecule has 0 unspecified atom stereocenters. The first kappa shape index (κ1) is 14.3. The number of carboxylic acids is 1. The van der Waals surface area contributed by atoms with Crippen LogP contribution >= 0.6 is 23.2 Å². The standard InChI is InChI=1S/C12H14Cl2O3/c1-2-6-17-10(12(15)16)7-8-4-3-5-9(13)11(8)14/h3-5,10H,2,6-7H2,1H3,(H,15,16)/t10-/m0/s1. The van der Waals surface area contributed by atoms with Crippen LogP contribution in [0.25, 0.3) is 0 Å². The molecule has 0 saturated heterocycles. The Labute approximate surface area is 110 Å². The van der Waals surface area contributed by atoms with E-state index in [1.807, 2.05) is 6.92 Å². The van der Waals surface area contributed by atoms with Gasteiger partial charge >= 0.3 is 5.97 Å². The summed E-state index contributed by atoms with van der Waals surface area (Å²) in [5, 5.41) is 9.83. The summed E-state index contributed by atoms with van der Waals surface area (Å²) in [5.74, 6) is -0.991. The first-order valence-electron chi connectivity index (χ1n) is 5.33. The molecule has 0 spiro atoms. The van der Waals surface area contributed by atoms with E-state index in [4.69, 9.17) is 33.0 Å². The molecule has 1 aromatic carbocycles. The second-order valence-corrected chi connectivity index (χ2v) is 4.40. The highest BCUT2D eigenvalue weighted by Crippen LogP contribution is 2.26. The van der Waals surface area contributed by atoms with Crippen LogP contribution in [-0.2, 0) is 16.0 Å². The van der Waals surface area contributed by atoms with E-state index in [0.29, 0.717) is 22.2 Å². The summed E-state index contributed by atoms with van der Waals surface area (Å²) < 4.78 is 5.25. The lowest BCUT2D eigenvalue weighted by atomic mass is 10.1. The minimum Gasteiger partial charge on any atom is -0.479 e. The molecule has 0 aromatic heterocycles. The number of hydrogen-bond acceptors (Lipinski definition) is 2. The van der Waals surface area contributed by atoms with Crippen LogP contribution in [0.15, 0.2) is 18.2 Å². The number of rotatable bonds is 6. The molecule has 0 saturated carbocycles. The predicted molar refractivity (Wildman–Crippen MR) is 67.8 cm³/mol. The number of ether oxygens (including phenoxy) is 1. The summed E-state index contributed by atoms with van der Waals surface area (Å²) in [6.07, 6.45) is 0.104. The molecule has 1 N–H and O–H groups in total. The summed E-state index contributed by atoms with van der Waals surface area (Å²) in [5.41, 5.74) is 0.683. The molecule has 0 radical (unpaired) electrons. The fourth-order valence-corrected chi connectivity index (χ4v) is 1.78. The Balaban J connectivity index is 2.78. The van der Waals surface area contributed by atoms with E-state index in [2.05, 4.69) is 0 Å². The van der Waals surface area contributed by atoms with Crippen LogP contribution in [-0.4, -0.2) is 23.8 Å². The molecule has 0 amide bonds. The first-order chi connectivity index (χ1) is 8.06. The Morgan fingerprint density at radius 1 is 1.47 bits per heavy atom. The van der Waals surface area contributed by atoms with Crippen LogP contribution in [0.2, 0.25) is 10.0 Å². The van der Waals surface area contributed by atoms with E-state index >= 15 is 0 Å². The van der Waals surface area contributed by atoms with Crippen LogP contribution in [0, 0.1) is 0 Å². The van der Waals surface area contributed by atoms with Crippen LogP contribution in [0.4, 0.5) is 0 Å². The fourth-order valence-electron chi connectivity index (χ4n) is 1.38. The second kappa shape index (κ2) is 6.84. The SMILES string of the molecule is CCCO[C@@H](Cc1cccc(Cl)c1Cl)C(=O)O. The molecule has 0 bridgehead atoms. The number of halogens is 2. The van der Waals surface area contributed by atoms with Gasteiger partial charge in [0.2, 0.25) is 0 Å². The minimum atomic E-state index is -0.991. The van der Waals surface area contributed by atoms with Gasteiger partial charge in [-0.2, -0.15) is 0 Å². The Bertz CT molecular complexity index is 393. The van der Waals surface area contributed by atoms with E-state index in [-0.39, 0.29) is 6.42 Å². The minimum absolute atomic E-state index is 0.217. The lowest BCUT2D eigenvalue weighted by Crippen LogP contribution is -2.26. The molecule has 0 aliphatic heterocycles. The molecule has 94 valence electrons. The molecule has 0 aliphatic rings. The van der Waals surface area contributed by atoms with Crippen molar-refractivity contribution in [3.8, 4) is 0 Å². The van der Waals surface area contributed by atoms with E-state index in [0.717, 1.165) is 6.42 Å². The zero-order valence-electron chi connectivity index (χ0n) is 9.45. The second-order valence-electron chi connectivity index (χ2n) is 3.61. The van der Waals surface area contributed by atoms with Crippen molar-refractivity contribution in [3.63, 3.8) is 0 Å². The van der Waals surface area contributed by atoms with Gasteiger partial charge in [-0.15, -0.1) is 0 Å². The summed E-state index contributed by atoms with van der Waals surface area (Å²) in [6, 6.07) is 5.15. The molecule has 0 aliphatic carbocycles. The summed E-state index contributed by atoms with van der Waals surface area (Å²) in [7, 11) is 0. The molecular weight excluding hydrogens is 263 g/mol. The molecule has 1 rings (SSSR count). The normalized spacial score (nSPS) is 12.4. The molecule has 1 atom stereocenters. The van der Waals surface area contributed by atoms with Gasteiger partial charge in [-0.25, -0.2) is 4.79 Å². The number of benzene rings is 1. The lowest BCUT2D eigenvalue weighted by molar-refractivity contribution is -0.150. The van der Waals surface area contributed by atoms with Crippen molar-refractivity contribution in [1.82, 2.24) is 0 Å². The van der Waals surface area contributed by atoms with Crippen LogP contribution in [0.1, 0.15) is 18.9 Å². The summed E-state index contributed by atoms with van der Waals surface area (Å²) >= 11 is 11.9. The smallest absolute Gasteiger partial charge is 0.333 e. The molecule has 17 heavy (non-hydrogen) atoms. The third-order valence-electron chi connectivity index (χ3n) is 2.24. The van der Waals surface area contributed by atoms with Crippen molar-refractivity contribution in [3.05, 3.63) is 33.8 Å². The quantitative estimate of drug-likeness (QED) is 0.866. The maximum absolute atomic E-state index is 11.0. The third-order valence-corrected chi connectivity index (χ3v) is 3.09. The zero-order valence-corrected chi connectivity index (χ0v) is 11.0. The Morgan fingerprint density at radius 2 is 2.18 bits per heavy atom. The van der Waals surface area contributed by atoms with Gasteiger partial charge in [-0.05, 0) is 18.1 Å². The number of carboxylic acid groups (broad SMARTS) is 1. The van der Waals surface area contributed by atoms with Crippen molar-refractivity contribution in [1.29, 1.82) is 0 Å². The molecule has 0 heterocycles. The summed E-state index contributed by atoms with van der Waals surface area (Å²) in [4.78, 5) is 11.0. The van der Waals surface area contributed by atoms with E-state index in [1.165, 1.54) is 0 Å². The van der Waals surface area contributed by atoms with Gasteiger partial charge in [0.25, 0.3) is 0 Å². The maximum atomic E-state index is 11.0. The average molecular weight is 277 g/mol. The van der Waals surface area contributed by atoms with Gasteiger partial charge < -0.3 is 9.84 Å². The number of hydrogen-bond donors (Lipinski definition) is 1. The van der Waals surface area contributed by atoms with E-state index < -0.39 is 12.1 Å². The predicted octanol–water partition coefficient (Wildman–Crippen LogP) is 3.42. The highest BCUT2D eigenvalue weighted by molar-refractivity contribution is 6.42. The van der Waals surface area contributed by atoms with Crippen LogP contribution < -0.4 is 0 Å². The van der Waals surface area contributed by atoms with Crippen LogP contribution in [0.5, 0.6) is 0 Å². The fraction of sp³-hybridized carbons (Fsp3) is 0.417. The van der Waals surface area contributed by atoms with Crippen molar-refractivity contribution >= 4 is 29.2 Å². The third kappa shape index (κ3) is 4.19. The van der Waals surface area contributed by atoms with Crippen molar-refractivity contribution in [2.45, 2.75) is 25.9 Å². The average Bonchev–Trinajstić information content (AvgIpc) is 2.29. The molecule has 0 fully saturated rings. The van der Waals surface area contributed by atoms with Gasteiger partial charge in [0.15, 0.2) is 6.10 Å². The Kier molecular flexibility index (Phi) is 5.75. The molecule has 5 heteroatoms. The van der Waals surface area contributed by atoms with E-state index in [1.54, 1.807) is 18.2 Å². The number of aliphatic carboxylic acids is 1. The van der Waals surface area contributed by atoms with Crippen molar-refractivity contribution < 1.29 is 14.6 Å². The van der Waals surface area contributed by atoms with Gasteiger partial charge in [0.1, 0.15) is 0 Å². The number of carbonyl (C=O) groups is 1. The Hall–Kier alpha value is -0.770. The van der Waals surface area contributed by atoms with E-state index in [9.17, 15) is 4.79 Å². The van der Waals surface area contributed by atoms with Gasteiger partial charge in [-0.1, -0.05) is 42.3 Å². The maximum Gasteiger partial charge on any atom is 0.333 e. The lowest BCUT2D eigenvalue weighted by Gasteiger charge is -2.14. The molecule has 3 nitrogen and oxygen atoms in total. The monoisotopic (exact) mass is 276 g/mol. The van der Waals surface area contributed by atoms with Crippen molar-refractivity contribution in [2.24, 2.45) is 0 Å². The summed E-state index contributed by atoms with van der Waals surface area (Å²) in [6.45, 7) is 2.33. The zero-order chi connectivity index (χ0) is 12.8. The topological polar surface area (TPSA) is 46.5 Å². The van der Waals surface area contributed by atoms with Crippen LogP contribution in [0.3, 0.4) is 0 Å². The van der Waals surface area contributed by atoms with Gasteiger partial charge in [0.05, 0.1) is 10.0 Å². The molecular formula is C12H14Cl2O3. The molecule has 1 aromatic rings. The van der Waals surface area contributed by atoms with Crippen molar-refractivity contribution in [2.75, 3.05) is 6.61 Å². The Morgan fingerprint density at radius 3 is 2.76 bits per heavy atom. The van der Waals surface area contributed by atoms with Gasteiger partial charge in [0, 0.05) is 13.0 Å². The highest BCUT2D eigenvalue weighted by Gasteiger charge is 2.20. The van der Waals surface area contributed by atoms with Gasteiger partial charge in [-0.3, -0.25) is 0 Å². The highest BCUT2D eigenvalue weighted by atomic mass is 35.5. The largest absolute Gasteiger partial charge is 0.479 e.